The molecule has 0 saturated heterocycles. The van der Waals surface area contributed by atoms with Crippen molar-refractivity contribution in [3.8, 4) is 0 Å². The van der Waals surface area contributed by atoms with E-state index in [4.69, 9.17) is 5.73 Å². The standard InChI is InChI=1S/C12H18N2O.ClH/c1-10(13)12(15)14(2)9-8-11-6-4-3-5-7-11;/h3-7,10H,8-9,13H2,1-2H3;1H/t10-;/m0./s1. The highest BCUT2D eigenvalue weighted by Gasteiger charge is 2.12. The number of amides is 1. The van der Waals surface area contributed by atoms with Crippen LogP contribution in [0.5, 0.6) is 0 Å². The maximum atomic E-state index is 11.5. The molecule has 4 heteroatoms. The fraction of sp³-hybridized carbons (Fsp3) is 0.417. The van der Waals surface area contributed by atoms with Crippen LogP contribution in [0.15, 0.2) is 30.3 Å². The molecule has 0 aliphatic rings. The second-order valence-electron chi connectivity index (χ2n) is 3.78. The largest absolute Gasteiger partial charge is 0.344 e. The number of likely N-dealkylation sites (N-methyl/N-ethyl adjacent to an activating group) is 1. The van der Waals surface area contributed by atoms with Crippen molar-refractivity contribution in [1.29, 1.82) is 0 Å². The lowest BCUT2D eigenvalue weighted by atomic mass is 10.1. The van der Waals surface area contributed by atoms with Gasteiger partial charge in [-0.05, 0) is 18.9 Å². The summed E-state index contributed by atoms with van der Waals surface area (Å²) in [5.41, 5.74) is 6.75. The van der Waals surface area contributed by atoms with E-state index in [0.717, 1.165) is 6.42 Å². The van der Waals surface area contributed by atoms with Crippen LogP contribution in [0.3, 0.4) is 0 Å². The van der Waals surface area contributed by atoms with Crippen LogP contribution >= 0.6 is 12.4 Å². The molecule has 0 saturated carbocycles. The number of hydrogen-bond acceptors (Lipinski definition) is 2. The third-order valence-corrected chi connectivity index (χ3v) is 2.34. The van der Waals surface area contributed by atoms with Gasteiger partial charge >= 0.3 is 0 Å². The number of rotatable bonds is 4. The monoisotopic (exact) mass is 242 g/mol. The van der Waals surface area contributed by atoms with Gasteiger partial charge in [0.25, 0.3) is 0 Å². The van der Waals surface area contributed by atoms with E-state index in [2.05, 4.69) is 12.1 Å². The first-order chi connectivity index (χ1) is 7.11. The zero-order valence-electron chi connectivity index (χ0n) is 9.72. The van der Waals surface area contributed by atoms with Crippen molar-refractivity contribution in [1.82, 2.24) is 4.90 Å². The zero-order chi connectivity index (χ0) is 11.3. The van der Waals surface area contributed by atoms with Gasteiger partial charge in [0.05, 0.1) is 6.04 Å². The summed E-state index contributed by atoms with van der Waals surface area (Å²) >= 11 is 0. The summed E-state index contributed by atoms with van der Waals surface area (Å²) in [4.78, 5) is 13.1. The van der Waals surface area contributed by atoms with E-state index < -0.39 is 6.04 Å². The molecule has 1 amide bonds. The molecular formula is C12H19ClN2O. The Bertz CT molecular complexity index is 314. The van der Waals surface area contributed by atoms with Gasteiger partial charge < -0.3 is 10.6 Å². The van der Waals surface area contributed by atoms with E-state index >= 15 is 0 Å². The fourth-order valence-corrected chi connectivity index (χ4v) is 1.40. The molecule has 0 fully saturated rings. The second-order valence-corrected chi connectivity index (χ2v) is 3.78. The van der Waals surface area contributed by atoms with E-state index in [-0.39, 0.29) is 18.3 Å². The maximum Gasteiger partial charge on any atom is 0.238 e. The molecule has 16 heavy (non-hydrogen) atoms. The van der Waals surface area contributed by atoms with Gasteiger partial charge in [0, 0.05) is 13.6 Å². The summed E-state index contributed by atoms with van der Waals surface area (Å²) in [5.74, 6) is -0.00840. The third-order valence-electron chi connectivity index (χ3n) is 2.34. The molecule has 1 atom stereocenters. The Balaban J connectivity index is 0.00000225. The summed E-state index contributed by atoms with van der Waals surface area (Å²) < 4.78 is 0. The lowest BCUT2D eigenvalue weighted by molar-refractivity contribution is -0.130. The highest BCUT2D eigenvalue weighted by Crippen LogP contribution is 2.01. The van der Waals surface area contributed by atoms with E-state index in [0.29, 0.717) is 6.54 Å². The first kappa shape index (κ1) is 14.9. The summed E-state index contributed by atoms with van der Waals surface area (Å²) in [6, 6.07) is 9.70. The highest BCUT2D eigenvalue weighted by atomic mass is 35.5. The molecule has 0 radical (unpaired) electrons. The average molecular weight is 243 g/mol. The predicted molar refractivity (Wildman–Crippen MR) is 68.7 cm³/mol. The number of nitrogens with two attached hydrogens (primary N) is 1. The van der Waals surface area contributed by atoms with E-state index in [1.807, 2.05) is 18.2 Å². The Kier molecular flexibility index (Phi) is 6.77. The maximum absolute atomic E-state index is 11.5. The summed E-state index contributed by atoms with van der Waals surface area (Å²) in [7, 11) is 1.79. The molecule has 3 nitrogen and oxygen atoms in total. The molecule has 0 aliphatic heterocycles. The average Bonchev–Trinajstić information content (AvgIpc) is 2.26. The molecule has 90 valence electrons. The van der Waals surface area contributed by atoms with Crippen LogP contribution < -0.4 is 5.73 Å². The molecule has 0 bridgehead atoms. The van der Waals surface area contributed by atoms with Gasteiger partial charge in [0.1, 0.15) is 0 Å². The molecule has 1 aromatic rings. The van der Waals surface area contributed by atoms with Crippen LogP contribution in [0.1, 0.15) is 12.5 Å². The Morgan fingerprint density at radius 3 is 2.44 bits per heavy atom. The molecule has 0 unspecified atom stereocenters. The van der Waals surface area contributed by atoms with Crippen LogP contribution in [-0.2, 0) is 11.2 Å². The van der Waals surface area contributed by atoms with Crippen molar-refractivity contribution in [2.45, 2.75) is 19.4 Å². The van der Waals surface area contributed by atoms with Crippen molar-refractivity contribution in [2.75, 3.05) is 13.6 Å². The molecule has 0 heterocycles. The van der Waals surface area contributed by atoms with Crippen molar-refractivity contribution in [3.63, 3.8) is 0 Å². The van der Waals surface area contributed by atoms with Crippen molar-refractivity contribution in [3.05, 3.63) is 35.9 Å². The molecular weight excluding hydrogens is 224 g/mol. The molecule has 1 aromatic carbocycles. The number of carbonyl (C=O) groups is 1. The number of nitrogens with zero attached hydrogens (tertiary/aromatic N) is 1. The Hall–Kier alpha value is -1.06. The molecule has 1 rings (SSSR count). The normalized spacial score (nSPS) is 11.4. The van der Waals surface area contributed by atoms with Gasteiger partial charge in [-0.1, -0.05) is 30.3 Å². The smallest absolute Gasteiger partial charge is 0.238 e. The molecule has 2 N–H and O–H groups in total. The minimum atomic E-state index is -0.411. The first-order valence-electron chi connectivity index (χ1n) is 5.15. The van der Waals surface area contributed by atoms with Gasteiger partial charge in [0.2, 0.25) is 5.91 Å². The van der Waals surface area contributed by atoms with Gasteiger partial charge in [0.15, 0.2) is 0 Å². The Morgan fingerprint density at radius 2 is 1.94 bits per heavy atom. The zero-order valence-corrected chi connectivity index (χ0v) is 10.5. The van der Waals surface area contributed by atoms with Crippen molar-refractivity contribution >= 4 is 18.3 Å². The number of halogens is 1. The minimum Gasteiger partial charge on any atom is -0.344 e. The van der Waals surface area contributed by atoms with E-state index in [9.17, 15) is 4.79 Å². The summed E-state index contributed by atoms with van der Waals surface area (Å²) in [6.45, 7) is 2.42. The summed E-state index contributed by atoms with van der Waals surface area (Å²) in [5, 5.41) is 0. The quantitative estimate of drug-likeness (QED) is 0.869. The lowest BCUT2D eigenvalue weighted by Crippen LogP contribution is -2.40. The Labute approximate surface area is 103 Å². The van der Waals surface area contributed by atoms with Gasteiger partial charge in [-0.2, -0.15) is 0 Å². The predicted octanol–water partition coefficient (Wildman–Crippen LogP) is 1.46. The number of hydrogen-bond donors (Lipinski definition) is 1. The first-order valence-corrected chi connectivity index (χ1v) is 5.15. The van der Waals surface area contributed by atoms with Crippen molar-refractivity contribution < 1.29 is 4.79 Å². The third kappa shape index (κ3) is 4.64. The molecule has 0 aromatic heterocycles. The summed E-state index contributed by atoms with van der Waals surface area (Å²) in [6.07, 6.45) is 0.871. The SMILES string of the molecule is C[C@H](N)C(=O)N(C)CCc1ccccc1.Cl. The molecule has 0 aliphatic carbocycles. The number of benzene rings is 1. The topological polar surface area (TPSA) is 46.3 Å². The van der Waals surface area contributed by atoms with Crippen LogP contribution in [0.25, 0.3) is 0 Å². The minimum absolute atomic E-state index is 0. The van der Waals surface area contributed by atoms with Gasteiger partial charge in [-0.3, -0.25) is 4.79 Å². The van der Waals surface area contributed by atoms with Gasteiger partial charge in [-0.15, -0.1) is 12.4 Å². The fourth-order valence-electron chi connectivity index (χ4n) is 1.40. The second kappa shape index (κ2) is 7.25. The van der Waals surface area contributed by atoms with Crippen LogP contribution in [-0.4, -0.2) is 30.4 Å². The van der Waals surface area contributed by atoms with E-state index in [1.54, 1.807) is 18.9 Å². The van der Waals surface area contributed by atoms with Gasteiger partial charge in [-0.25, -0.2) is 0 Å². The Morgan fingerprint density at radius 1 is 1.38 bits per heavy atom. The van der Waals surface area contributed by atoms with E-state index in [1.165, 1.54) is 5.56 Å². The van der Waals surface area contributed by atoms with Crippen LogP contribution in [0.4, 0.5) is 0 Å². The molecule has 0 spiro atoms. The number of carbonyl (C=O) groups excluding carboxylic acids is 1. The van der Waals surface area contributed by atoms with Crippen molar-refractivity contribution in [2.24, 2.45) is 5.73 Å². The van der Waals surface area contributed by atoms with Crippen LogP contribution in [0, 0.1) is 0 Å². The van der Waals surface area contributed by atoms with Crippen LogP contribution in [0.2, 0.25) is 0 Å². The lowest BCUT2D eigenvalue weighted by Gasteiger charge is -2.19. The highest BCUT2D eigenvalue weighted by molar-refractivity contribution is 5.85.